The maximum atomic E-state index is 5.50. The summed E-state index contributed by atoms with van der Waals surface area (Å²) in [7, 11) is 0. The van der Waals surface area contributed by atoms with Gasteiger partial charge in [-0.25, -0.2) is 0 Å². The molecule has 0 aliphatic rings. The lowest BCUT2D eigenvalue weighted by molar-refractivity contribution is 0.513. The van der Waals surface area contributed by atoms with Gasteiger partial charge in [0.1, 0.15) is 0 Å². The fourth-order valence-corrected chi connectivity index (χ4v) is 0.858. The molecule has 0 aromatic rings. The molecule has 0 saturated heterocycles. The van der Waals surface area contributed by atoms with E-state index >= 15 is 0 Å². The first-order valence-corrected chi connectivity index (χ1v) is 4.18. The van der Waals surface area contributed by atoms with Gasteiger partial charge in [0.2, 0.25) is 0 Å². The molecule has 0 saturated carbocycles. The van der Waals surface area contributed by atoms with Gasteiger partial charge in [0.05, 0.1) is 0 Å². The van der Waals surface area contributed by atoms with Crippen LogP contribution in [0.4, 0.5) is 0 Å². The van der Waals surface area contributed by atoms with E-state index in [0.29, 0.717) is 6.04 Å². The molecule has 3 N–H and O–H groups in total. The van der Waals surface area contributed by atoms with Crippen LogP contribution in [-0.2, 0) is 0 Å². The molecule has 0 spiro atoms. The predicted molar refractivity (Wildman–Crippen MR) is 49.2 cm³/mol. The molecule has 2 heteroatoms. The highest BCUT2D eigenvalue weighted by atomic mass is 14.9. The normalized spacial score (nSPS) is 11.9. The second-order valence-electron chi connectivity index (χ2n) is 2.47. The maximum Gasteiger partial charge on any atom is 0.0214 e. The highest BCUT2D eigenvalue weighted by Crippen LogP contribution is 1.86. The van der Waals surface area contributed by atoms with Crippen LogP contribution in [0.2, 0.25) is 0 Å². The van der Waals surface area contributed by atoms with E-state index in [1.807, 2.05) is 6.92 Å². The molecule has 1 atom stereocenters. The molecule has 0 aromatic heterocycles. The van der Waals surface area contributed by atoms with E-state index in [1.165, 1.54) is 0 Å². The van der Waals surface area contributed by atoms with Crippen molar-refractivity contribution in [3.63, 3.8) is 0 Å². The molecule has 0 bridgehead atoms. The van der Waals surface area contributed by atoms with Crippen LogP contribution in [0.5, 0.6) is 0 Å². The molecule has 0 heterocycles. The summed E-state index contributed by atoms with van der Waals surface area (Å²) in [6.45, 7) is 5.67. The molecule has 0 aliphatic heterocycles. The molecule has 0 fully saturated rings. The minimum atomic E-state index is 0.466. The number of hydrogen-bond donors (Lipinski definition) is 2. The van der Waals surface area contributed by atoms with Crippen molar-refractivity contribution < 1.29 is 0 Å². The van der Waals surface area contributed by atoms with Gasteiger partial charge in [-0.1, -0.05) is 6.92 Å². The van der Waals surface area contributed by atoms with Gasteiger partial charge in [0.15, 0.2) is 0 Å². The zero-order valence-electron chi connectivity index (χ0n) is 7.48. The fraction of sp³-hybridized carbons (Fsp3) is 0.778. The number of nitrogens with two attached hydrogens (primary N) is 1. The van der Waals surface area contributed by atoms with E-state index in [-0.39, 0.29) is 0 Å². The lowest BCUT2D eigenvalue weighted by atomic mass is 10.2. The van der Waals surface area contributed by atoms with Crippen molar-refractivity contribution in [2.75, 3.05) is 13.1 Å². The summed E-state index contributed by atoms with van der Waals surface area (Å²) < 4.78 is 0. The lowest BCUT2D eigenvalue weighted by Gasteiger charge is -2.12. The smallest absolute Gasteiger partial charge is 0.0214 e. The Hall–Kier alpha value is -0.520. The Morgan fingerprint density at radius 1 is 1.55 bits per heavy atom. The van der Waals surface area contributed by atoms with Crippen molar-refractivity contribution in [1.82, 2.24) is 5.32 Å². The Labute approximate surface area is 69.5 Å². The van der Waals surface area contributed by atoms with Gasteiger partial charge in [-0.05, 0) is 13.3 Å². The van der Waals surface area contributed by atoms with Crippen LogP contribution in [0.3, 0.4) is 0 Å². The summed E-state index contributed by atoms with van der Waals surface area (Å²) in [6, 6.07) is 0.466. The van der Waals surface area contributed by atoms with Crippen LogP contribution in [0.15, 0.2) is 0 Å². The minimum Gasteiger partial charge on any atom is -0.329 e. The molecule has 2 nitrogen and oxygen atoms in total. The Morgan fingerprint density at radius 3 is 2.73 bits per heavy atom. The molecular weight excluding hydrogens is 136 g/mol. The fourth-order valence-electron chi connectivity index (χ4n) is 0.858. The number of rotatable bonds is 5. The summed E-state index contributed by atoms with van der Waals surface area (Å²) in [5.41, 5.74) is 5.50. The maximum absolute atomic E-state index is 5.50. The first kappa shape index (κ1) is 10.5. The lowest BCUT2D eigenvalue weighted by Crippen LogP contribution is -2.35. The van der Waals surface area contributed by atoms with Gasteiger partial charge in [-0.15, -0.1) is 11.8 Å². The quantitative estimate of drug-likeness (QED) is 0.452. The summed E-state index contributed by atoms with van der Waals surface area (Å²) in [6.07, 6.45) is 2.02. The van der Waals surface area contributed by atoms with Crippen molar-refractivity contribution in [3.8, 4) is 11.8 Å². The van der Waals surface area contributed by atoms with Crippen molar-refractivity contribution in [1.29, 1.82) is 0 Å². The third kappa shape index (κ3) is 5.90. The molecule has 11 heavy (non-hydrogen) atoms. The van der Waals surface area contributed by atoms with Crippen LogP contribution in [0.1, 0.15) is 26.7 Å². The van der Waals surface area contributed by atoms with E-state index < -0.39 is 0 Å². The van der Waals surface area contributed by atoms with Gasteiger partial charge in [0, 0.05) is 25.6 Å². The molecule has 0 rings (SSSR count). The molecule has 0 radical (unpaired) electrons. The molecular formula is C9H18N2. The van der Waals surface area contributed by atoms with Gasteiger partial charge in [-0.3, -0.25) is 0 Å². The van der Waals surface area contributed by atoms with Crippen LogP contribution in [0, 0.1) is 11.8 Å². The van der Waals surface area contributed by atoms with Crippen LogP contribution >= 0.6 is 0 Å². The summed E-state index contributed by atoms with van der Waals surface area (Å²) in [4.78, 5) is 0. The summed E-state index contributed by atoms with van der Waals surface area (Å²) in [5.74, 6) is 5.85. The Balaban J connectivity index is 3.25. The Bertz CT molecular complexity index is 128. The van der Waals surface area contributed by atoms with E-state index in [1.54, 1.807) is 0 Å². The van der Waals surface area contributed by atoms with Crippen LogP contribution < -0.4 is 11.1 Å². The average molecular weight is 154 g/mol. The molecule has 0 aromatic carbocycles. The van der Waals surface area contributed by atoms with Crippen molar-refractivity contribution in [3.05, 3.63) is 0 Å². The third-order valence-corrected chi connectivity index (χ3v) is 1.64. The zero-order valence-corrected chi connectivity index (χ0v) is 7.48. The Morgan fingerprint density at radius 2 is 2.27 bits per heavy atom. The number of nitrogens with one attached hydrogen (secondary N) is 1. The van der Waals surface area contributed by atoms with Gasteiger partial charge < -0.3 is 11.1 Å². The first-order chi connectivity index (χ1) is 5.35. The van der Waals surface area contributed by atoms with E-state index in [0.717, 1.165) is 25.9 Å². The topological polar surface area (TPSA) is 38.0 Å². The average Bonchev–Trinajstić information content (AvgIpc) is 2.05. The number of hydrogen-bond acceptors (Lipinski definition) is 2. The van der Waals surface area contributed by atoms with E-state index in [2.05, 4.69) is 24.1 Å². The highest BCUT2D eigenvalue weighted by molar-refractivity contribution is 4.95. The third-order valence-electron chi connectivity index (χ3n) is 1.64. The van der Waals surface area contributed by atoms with Gasteiger partial charge in [0.25, 0.3) is 0 Å². The first-order valence-electron chi connectivity index (χ1n) is 4.18. The van der Waals surface area contributed by atoms with Crippen molar-refractivity contribution >= 4 is 0 Å². The summed E-state index contributed by atoms with van der Waals surface area (Å²) in [5, 5.41) is 3.33. The largest absolute Gasteiger partial charge is 0.329 e. The zero-order chi connectivity index (χ0) is 8.53. The summed E-state index contributed by atoms with van der Waals surface area (Å²) >= 11 is 0. The second kappa shape index (κ2) is 7.59. The van der Waals surface area contributed by atoms with E-state index in [9.17, 15) is 0 Å². The standard InChI is InChI=1S/C9H18N2/c1-3-5-6-7-11-9(4-2)8-10/h9,11H,4,6-8,10H2,1-2H3. The Kier molecular flexibility index (Phi) is 7.23. The van der Waals surface area contributed by atoms with Crippen molar-refractivity contribution in [2.45, 2.75) is 32.7 Å². The predicted octanol–water partition coefficient (Wildman–Crippen LogP) is 0.727. The van der Waals surface area contributed by atoms with Crippen molar-refractivity contribution in [2.24, 2.45) is 5.73 Å². The molecule has 64 valence electrons. The molecule has 0 amide bonds. The SMILES string of the molecule is CC#CCCNC(CC)CN. The molecule has 1 unspecified atom stereocenters. The monoisotopic (exact) mass is 154 g/mol. The second-order valence-corrected chi connectivity index (χ2v) is 2.47. The van der Waals surface area contributed by atoms with Crippen LogP contribution in [-0.4, -0.2) is 19.1 Å². The van der Waals surface area contributed by atoms with Gasteiger partial charge in [-0.2, -0.15) is 0 Å². The van der Waals surface area contributed by atoms with E-state index in [4.69, 9.17) is 5.73 Å². The van der Waals surface area contributed by atoms with Gasteiger partial charge >= 0.3 is 0 Å². The highest BCUT2D eigenvalue weighted by Gasteiger charge is 1.99. The van der Waals surface area contributed by atoms with Crippen LogP contribution in [0.25, 0.3) is 0 Å². The molecule has 0 aliphatic carbocycles. The minimum absolute atomic E-state index is 0.466.